The predicted octanol–water partition coefficient (Wildman–Crippen LogP) is 6.28. The highest BCUT2D eigenvalue weighted by atomic mass is 32.2. The molecular formula is C31H27N3O5S. The Bertz CT molecular complexity index is 1820. The van der Waals surface area contributed by atoms with E-state index in [1.807, 2.05) is 48.5 Å². The van der Waals surface area contributed by atoms with Crippen molar-refractivity contribution in [1.29, 1.82) is 0 Å². The molecule has 1 heterocycles. The summed E-state index contributed by atoms with van der Waals surface area (Å²) < 4.78 is 39.8. The number of pyridine rings is 1. The quantitative estimate of drug-likeness (QED) is 0.234. The summed E-state index contributed by atoms with van der Waals surface area (Å²) in [6.45, 7) is 1.69. The van der Waals surface area contributed by atoms with Crippen molar-refractivity contribution in [3.8, 4) is 22.8 Å². The smallest absolute Gasteiger partial charge is 0.262 e. The van der Waals surface area contributed by atoms with Crippen LogP contribution in [0.1, 0.15) is 15.9 Å². The van der Waals surface area contributed by atoms with E-state index >= 15 is 0 Å². The van der Waals surface area contributed by atoms with E-state index in [0.717, 1.165) is 5.56 Å². The number of carbonyl (C=O) groups excluding carboxylic acids is 1. The van der Waals surface area contributed by atoms with Crippen LogP contribution in [-0.2, 0) is 10.0 Å². The summed E-state index contributed by atoms with van der Waals surface area (Å²) in [5.74, 6) is 0.719. The number of aromatic nitrogens is 1. The molecular weight excluding hydrogens is 526 g/mol. The van der Waals surface area contributed by atoms with E-state index in [9.17, 15) is 13.2 Å². The maximum atomic E-state index is 13.6. The fourth-order valence-corrected chi connectivity index (χ4v) is 5.71. The predicted molar refractivity (Wildman–Crippen MR) is 157 cm³/mol. The van der Waals surface area contributed by atoms with E-state index in [-0.39, 0.29) is 4.90 Å². The molecule has 0 saturated carbocycles. The van der Waals surface area contributed by atoms with Crippen LogP contribution in [-0.4, -0.2) is 33.5 Å². The van der Waals surface area contributed by atoms with Gasteiger partial charge in [0.2, 0.25) is 0 Å². The fourth-order valence-electron chi connectivity index (χ4n) is 4.37. The highest BCUT2D eigenvalue weighted by Gasteiger charge is 2.21. The Kier molecular flexibility index (Phi) is 7.39. The van der Waals surface area contributed by atoms with Gasteiger partial charge in [-0.3, -0.25) is 9.52 Å². The number of amides is 1. The second kappa shape index (κ2) is 11.1. The number of sulfonamides is 1. The molecule has 0 unspecified atom stereocenters. The number of fused-ring (bicyclic) bond motifs is 1. The Hall–Kier alpha value is -4.89. The molecule has 0 fully saturated rings. The first-order valence-corrected chi connectivity index (χ1v) is 13.9. The summed E-state index contributed by atoms with van der Waals surface area (Å²) in [4.78, 5) is 18.4. The van der Waals surface area contributed by atoms with Gasteiger partial charge in [0, 0.05) is 16.6 Å². The number of carbonyl (C=O) groups is 1. The summed E-state index contributed by atoms with van der Waals surface area (Å²) in [7, 11) is -0.915. The molecule has 1 aromatic heterocycles. The zero-order valence-electron chi connectivity index (χ0n) is 22.1. The summed E-state index contributed by atoms with van der Waals surface area (Å²) in [6.07, 6.45) is 0. The molecule has 4 aromatic carbocycles. The summed E-state index contributed by atoms with van der Waals surface area (Å²) in [5.41, 5.74) is 3.70. The number of hydrogen-bond acceptors (Lipinski definition) is 6. The van der Waals surface area contributed by atoms with Crippen LogP contribution in [0.25, 0.3) is 22.2 Å². The number of para-hydroxylation sites is 3. The molecule has 40 heavy (non-hydrogen) atoms. The van der Waals surface area contributed by atoms with Gasteiger partial charge in [-0.2, -0.15) is 0 Å². The maximum absolute atomic E-state index is 13.6. The number of nitrogens with zero attached hydrogens (tertiary/aromatic N) is 1. The monoisotopic (exact) mass is 553 g/mol. The van der Waals surface area contributed by atoms with Crippen LogP contribution in [0.5, 0.6) is 11.5 Å². The standard InChI is InChI=1S/C31H27N3O5S/c1-20-12-15-22(18-30(20)40(36,37)34-27-10-6-7-11-29(27)39-3)32-31(35)25-19-28(21-13-16-23(38-2)17-14-21)33-26-9-5-4-8-24(25)26/h4-19,34H,1-3H3,(H,32,35). The molecule has 0 spiro atoms. The highest BCUT2D eigenvalue weighted by Crippen LogP contribution is 2.30. The van der Waals surface area contributed by atoms with Crippen LogP contribution < -0.4 is 19.5 Å². The first kappa shape index (κ1) is 26.7. The SMILES string of the molecule is COc1ccc(-c2cc(C(=O)Nc3ccc(C)c(S(=O)(=O)Nc4ccccc4OC)c3)c3ccccc3n2)cc1. The first-order chi connectivity index (χ1) is 19.3. The maximum Gasteiger partial charge on any atom is 0.262 e. The van der Waals surface area contributed by atoms with Gasteiger partial charge in [0.25, 0.3) is 15.9 Å². The second-order valence-electron chi connectivity index (χ2n) is 9.04. The van der Waals surface area contributed by atoms with Gasteiger partial charge in [0.05, 0.1) is 41.6 Å². The molecule has 0 atom stereocenters. The zero-order valence-corrected chi connectivity index (χ0v) is 23.0. The Morgan fingerprint density at radius 1 is 0.825 bits per heavy atom. The number of rotatable bonds is 8. The first-order valence-electron chi connectivity index (χ1n) is 12.4. The molecule has 202 valence electrons. The third-order valence-corrected chi connectivity index (χ3v) is 7.94. The number of benzene rings is 4. The molecule has 5 aromatic rings. The van der Waals surface area contributed by atoms with Crippen LogP contribution in [0.15, 0.2) is 102 Å². The van der Waals surface area contributed by atoms with E-state index in [4.69, 9.17) is 14.5 Å². The molecule has 0 bridgehead atoms. The van der Waals surface area contributed by atoms with Crippen molar-refractivity contribution in [3.05, 3.63) is 108 Å². The number of anilines is 2. The van der Waals surface area contributed by atoms with Crippen molar-refractivity contribution in [2.75, 3.05) is 24.3 Å². The van der Waals surface area contributed by atoms with Crippen LogP contribution in [0.3, 0.4) is 0 Å². The van der Waals surface area contributed by atoms with Gasteiger partial charge in [-0.1, -0.05) is 36.4 Å². The van der Waals surface area contributed by atoms with Crippen LogP contribution in [0.2, 0.25) is 0 Å². The van der Waals surface area contributed by atoms with Crippen LogP contribution in [0, 0.1) is 6.92 Å². The van der Waals surface area contributed by atoms with E-state index in [0.29, 0.717) is 50.6 Å². The van der Waals surface area contributed by atoms with Gasteiger partial charge in [0.1, 0.15) is 11.5 Å². The molecule has 0 saturated heterocycles. The van der Waals surface area contributed by atoms with Crippen molar-refractivity contribution in [2.24, 2.45) is 0 Å². The number of aryl methyl sites for hydroxylation is 1. The number of ether oxygens (including phenoxy) is 2. The van der Waals surface area contributed by atoms with E-state index in [2.05, 4.69) is 10.0 Å². The van der Waals surface area contributed by atoms with E-state index in [1.54, 1.807) is 56.5 Å². The Morgan fingerprint density at radius 2 is 1.55 bits per heavy atom. The normalized spacial score (nSPS) is 11.2. The Morgan fingerprint density at radius 3 is 2.30 bits per heavy atom. The molecule has 0 aliphatic heterocycles. The van der Waals surface area contributed by atoms with Gasteiger partial charge in [-0.25, -0.2) is 13.4 Å². The van der Waals surface area contributed by atoms with Gasteiger partial charge >= 0.3 is 0 Å². The molecule has 0 aliphatic carbocycles. The molecule has 8 nitrogen and oxygen atoms in total. The van der Waals surface area contributed by atoms with Crippen molar-refractivity contribution in [3.63, 3.8) is 0 Å². The summed E-state index contributed by atoms with van der Waals surface area (Å²) in [6, 6.07) is 28.0. The number of methoxy groups -OCH3 is 2. The molecule has 2 N–H and O–H groups in total. The number of hydrogen-bond donors (Lipinski definition) is 2. The van der Waals surface area contributed by atoms with Crippen molar-refractivity contribution >= 4 is 38.2 Å². The topological polar surface area (TPSA) is 107 Å². The summed E-state index contributed by atoms with van der Waals surface area (Å²) >= 11 is 0. The Balaban J connectivity index is 1.48. The van der Waals surface area contributed by atoms with Crippen LogP contribution in [0.4, 0.5) is 11.4 Å². The minimum Gasteiger partial charge on any atom is -0.497 e. The Labute approximate surface area is 232 Å². The zero-order chi connectivity index (χ0) is 28.3. The molecule has 0 aliphatic rings. The third-order valence-electron chi connectivity index (χ3n) is 6.43. The largest absolute Gasteiger partial charge is 0.497 e. The molecule has 5 rings (SSSR count). The average molecular weight is 554 g/mol. The van der Waals surface area contributed by atoms with Crippen molar-refractivity contribution in [2.45, 2.75) is 11.8 Å². The number of nitrogens with one attached hydrogen (secondary N) is 2. The lowest BCUT2D eigenvalue weighted by Crippen LogP contribution is -2.17. The summed E-state index contributed by atoms with van der Waals surface area (Å²) in [5, 5.41) is 3.55. The lowest BCUT2D eigenvalue weighted by Gasteiger charge is -2.15. The lowest BCUT2D eigenvalue weighted by molar-refractivity contribution is 0.102. The minimum absolute atomic E-state index is 0.0368. The van der Waals surface area contributed by atoms with Crippen molar-refractivity contribution in [1.82, 2.24) is 4.98 Å². The van der Waals surface area contributed by atoms with E-state index in [1.165, 1.54) is 13.2 Å². The van der Waals surface area contributed by atoms with Gasteiger partial charge in [0.15, 0.2) is 0 Å². The molecule has 9 heteroatoms. The minimum atomic E-state index is -3.98. The van der Waals surface area contributed by atoms with Gasteiger partial charge < -0.3 is 14.8 Å². The van der Waals surface area contributed by atoms with Crippen LogP contribution >= 0.6 is 0 Å². The molecule has 0 radical (unpaired) electrons. The van der Waals surface area contributed by atoms with E-state index < -0.39 is 15.9 Å². The molecule has 1 amide bonds. The lowest BCUT2D eigenvalue weighted by atomic mass is 10.0. The average Bonchev–Trinajstić information content (AvgIpc) is 2.97. The van der Waals surface area contributed by atoms with Gasteiger partial charge in [-0.05, 0) is 73.2 Å². The van der Waals surface area contributed by atoms with Crippen molar-refractivity contribution < 1.29 is 22.7 Å². The fraction of sp³-hybridized carbons (Fsp3) is 0.0968. The third kappa shape index (κ3) is 5.45. The highest BCUT2D eigenvalue weighted by molar-refractivity contribution is 7.92. The second-order valence-corrected chi connectivity index (χ2v) is 10.7. The van der Waals surface area contributed by atoms with Gasteiger partial charge in [-0.15, -0.1) is 0 Å².